The van der Waals surface area contributed by atoms with Crippen molar-refractivity contribution in [2.45, 2.75) is 30.7 Å². The summed E-state index contributed by atoms with van der Waals surface area (Å²) >= 11 is 0. The minimum Gasteiger partial charge on any atom is -0.490 e. The van der Waals surface area contributed by atoms with E-state index in [0.717, 1.165) is 55.6 Å². The number of fused-ring (bicyclic) bond motifs is 6. The molecule has 4 aromatic rings. The molecule has 6 nitrogen and oxygen atoms in total. The van der Waals surface area contributed by atoms with Crippen molar-refractivity contribution in [3.63, 3.8) is 0 Å². The zero-order valence-corrected chi connectivity index (χ0v) is 23.2. The van der Waals surface area contributed by atoms with Crippen LogP contribution in [0.4, 0.5) is 0 Å². The molecule has 3 aliphatic rings. The first-order valence-electron chi connectivity index (χ1n) is 14.7. The molecule has 0 aromatic heterocycles. The molecule has 4 atom stereocenters. The lowest BCUT2D eigenvalue weighted by Gasteiger charge is -2.50. The van der Waals surface area contributed by atoms with Crippen molar-refractivity contribution in [1.82, 2.24) is 9.80 Å². The summed E-state index contributed by atoms with van der Waals surface area (Å²) in [6.07, 6.45) is 1.19. The molecular weight excluding hydrogens is 512 g/mol. The van der Waals surface area contributed by atoms with Crippen molar-refractivity contribution in [2.75, 3.05) is 39.4 Å². The fraction of sp³-hybridized carbons (Fsp3) is 0.314. The third-order valence-electron chi connectivity index (χ3n) is 8.35. The molecule has 0 bridgehead atoms. The van der Waals surface area contributed by atoms with Crippen molar-refractivity contribution < 1.29 is 18.9 Å². The van der Waals surface area contributed by atoms with Gasteiger partial charge in [-0.15, -0.1) is 0 Å². The Labute approximate surface area is 242 Å². The van der Waals surface area contributed by atoms with E-state index in [1.807, 2.05) is 72.8 Å². The summed E-state index contributed by atoms with van der Waals surface area (Å²) < 4.78 is 25.7. The summed E-state index contributed by atoms with van der Waals surface area (Å²) in [4.78, 5) is 5.07. The minimum absolute atomic E-state index is 0.0683. The van der Waals surface area contributed by atoms with E-state index in [-0.39, 0.29) is 24.3 Å². The maximum atomic E-state index is 6.48. The molecule has 2 saturated heterocycles. The van der Waals surface area contributed by atoms with Gasteiger partial charge in [-0.2, -0.15) is 0 Å². The molecule has 0 unspecified atom stereocenters. The molecule has 3 aliphatic heterocycles. The Morgan fingerprint density at radius 1 is 0.512 bits per heavy atom. The zero-order valence-electron chi connectivity index (χ0n) is 23.2. The van der Waals surface area contributed by atoms with Crippen LogP contribution < -0.4 is 18.9 Å². The van der Waals surface area contributed by atoms with E-state index in [1.165, 1.54) is 11.1 Å². The standard InChI is InChI=1S/C35H36N2O4/c1-3-12-26(13-4-1)40-32-24-36-20-11-21-37-25-33(41-27-14-5-2-6-15-27)35(37)29-17-8-10-19-31(29)39-23-22-38-30-18-9-7-16-28(30)34(32)36/h1-10,12-19,32-35H,11,20-25H2/t32-,33+,34-,35+. The van der Waals surface area contributed by atoms with Gasteiger partial charge in [-0.1, -0.05) is 72.8 Å². The Bertz CT molecular complexity index is 1320. The van der Waals surface area contributed by atoms with E-state index in [0.29, 0.717) is 13.2 Å². The number of ether oxygens (including phenoxy) is 4. The second-order valence-corrected chi connectivity index (χ2v) is 10.9. The molecule has 0 N–H and O–H groups in total. The number of para-hydroxylation sites is 4. The van der Waals surface area contributed by atoms with Gasteiger partial charge in [0.25, 0.3) is 0 Å². The molecule has 210 valence electrons. The highest BCUT2D eigenvalue weighted by Gasteiger charge is 2.45. The predicted octanol–water partition coefficient (Wildman–Crippen LogP) is 6.16. The van der Waals surface area contributed by atoms with Crippen LogP contribution in [0, 0.1) is 0 Å². The third-order valence-corrected chi connectivity index (χ3v) is 8.35. The van der Waals surface area contributed by atoms with Crippen LogP contribution in [0.5, 0.6) is 23.0 Å². The Kier molecular flexibility index (Phi) is 7.50. The fourth-order valence-corrected chi connectivity index (χ4v) is 6.38. The molecule has 7 rings (SSSR count). The number of benzene rings is 4. The van der Waals surface area contributed by atoms with Crippen LogP contribution in [0.2, 0.25) is 0 Å². The third kappa shape index (κ3) is 5.50. The minimum atomic E-state index is 0.0683. The van der Waals surface area contributed by atoms with Crippen molar-refractivity contribution in [2.24, 2.45) is 0 Å². The quantitative estimate of drug-likeness (QED) is 0.305. The van der Waals surface area contributed by atoms with Crippen molar-refractivity contribution in [3.8, 4) is 23.0 Å². The molecule has 0 saturated carbocycles. The van der Waals surface area contributed by atoms with Gasteiger partial charge in [0.2, 0.25) is 0 Å². The lowest BCUT2D eigenvalue weighted by molar-refractivity contribution is -0.0650. The van der Waals surface area contributed by atoms with Crippen molar-refractivity contribution in [1.29, 1.82) is 0 Å². The van der Waals surface area contributed by atoms with Gasteiger partial charge < -0.3 is 18.9 Å². The van der Waals surface area contributed by atoms with E-state index in [9.17, 15) is 0 Å². The number of hydrogen-bond acceptors (Lipinski definition) is 6. The fourth-order valence-electron chi connectivity index (χ4n) is 6.38. The smallest absolute Gasteiger partial charge is 0.131 e. The van der Waals surface area contributed by atoms with E-state index in [1.54, 1.807) is 0 Å². The highest BCUT2D eigenvalue weighted by molar-refractivity contribution is 5.40. The van der Waals surface area contributed by atoms with E-state index >= 15 is 0 Å². The first-order chi connectivity index (χ1) is 20.3. The summed E-state index contributed by atoms with van der Waals surface area (Å²) in [6, 6.07) is 37.3. The topological polar surface area (TPSA) is 43.4 Å². The molecule has 6 heteroatoms. The maximum absolute atomic E-state index is 6.48. The molecule has 0 radical (unpaired) electrons. The normalized spacial score (nSPS) is 24.6. The largest absolute Gasteiger partial charge is 0.490 e. The average Bonchev–Trinajstić information content (AvgIpc) is 2.99. The summed E-state index contributed by atoms with van der Waals surface area (Å²) in [5, 5.41) is 0. The lowest BCUT2D eigenvalue weighted by Crippen LogP contribution is -2.58. The molecule has 0 aliphatic carbocycles. The number of rotatable bonds is 4. The number of nitrogens with zero attached hydrogens (tertiary/aromatic N) is 2. The van der Waals surface area contributed by atoms with Gasteiger partial charge in [-0.3, -0.25) is 9.80 Å². The first-order valence-corrected chi connectivity index (χ1v) is 14.7. The van der Waals surface area contributed by atoms with Crippen LogP contribution in [0.15, 0.2) is 109 Å². The Morgan fingerprint density at radius 2 is 0.927 bits per heavy atom. The molecule has 3 heterocycles. The van der Waals surface area contributed by atoms with E-state index in [2.05, 4.69) is 46.2 Å². The first kappa shape index (κ1) is 25.9. The van der Waals surface area contributed by atoms with Gasteiger partial charge in [-0.05, 0) is 42.8 Å². The molecule has 0 amide bonds. The highest BCUT2D eigenvalue weighted by atomic mass is 16.5. The zero-order chi connectivity index (χ0) is 27.4. The summed E-state index contributed by atoms with van der Waals surface area (Å²) in [6.45, 7) is 4.67. The van der Waals surface area contributed by atoms with Gasteiger partial charge in [0, 0.05) is 37.3 Å². The van der Waals surface area contributed by atoms with Crippen LogP contribution in [0.25, 0.3) is 0 Å². The molecular formula is C35H36N2O4. The monoisotopic (exact) mass is 548 g/mol. The predicted molar refractivity (Wildman–Crippen MR) is 159 cm³/mol. The van der Waals surface area contributed by atoms with Crippen molar-refractivity contribution >= 4 is 0 Å². The molecule has 2 fully saturated rings. The van der Waals surface area contributed by atoms with Gasteiger partial charge in [0.1, 0.15) is 48.4 Å². The summed E-state index contributed by atoms with van der Waals surface area (Å²) in [7, 11) is 0. The van der Waals surface area contributed by atoms with Gasteiger partial charge >= 0.3 is 0 Å². The van der Waals surface area contributed by atoms with Gasteiger partial charge in [0.15, 0.2) is 0 Å². The second kappa shape index (κ2) is 11.9. The van der Waals surface area contributed by atoms with E-state index < -0.39 is 0 Å². The van der Waals surface area contributed by atoms with Crippen LogP contribution in [-0.2, 0) is 0 Å². The average molecular weight is 549 g/mol. The van der Waals surface area contributed by atoms with Gasteiger partial charge in [-0.25, -0.2) is 0 Å². The lowest BCUT2D eigenvalue weighted by atomic mass is 9.89. The van der Waals surface area contributed by atoms with Crippen LogP contribution in [0.3, 0.4) is 0 Å². The second-order valence-electron chi connectivity index (χ2n) is 10.9. The highest BCUT2D eigenvalue weighted by Crippen LogP contribution is 2.43. The number of hydrogen-bond donors (Lipinski definition) is 0. The molecule has 41 heavy (non-hydrogen) atoms. The molecule has 0 spiro atoms. The summed E-state index contributed by atoms with van der Waals surface area (Å²) in [5.74, 6) is 3.61. The van der Waals surface area contributed by atoms with Crippen molar-refractivity contribution in [3.05, 3.63) is 120 Å². The van der Waals surface area contributed by atoms with Gasteiger partial charge in [0.05, 0.1) is 12.1 Å². The van der Waals surface area contributed by atoms with Crippen LogP contribution in [0.1, 0.15) is 29.6 Å². The van der Waals surface area contributed by atoms with Crippen LogP contribution >= 0.6 is 0 Å². The Morgan fingerprint density at radius 3 is 1.39 bits per heavy atom. The Hall–Kier alpha value is -4.00. The SMILES string of the molecule is c1ccc(O[C@H]2CN3CCCN4C[C@@H](Oc5ccccc5)[C@H]4c4ccccc4OCCOc4ccccc4[C@@H]23)cc1. The molecule has 4 aromatic carbocycles. The maximum Gasteiger partial charge on any atom is 0.131 e. The Balaban J connectivity index is 1.14. The van der Waals surface area contributed by atoms with E-state index in [4.69, 9.17) is 18.9 Å². The summed E-state index contributed by atoms with van der Waals surface area (Å²) in [5.41, 5.74) is 2.35. The van der Waals surface area contributed by atoms with Crippen LogP contribution in [-0.4, -0.2) is 61.4 Å².